The Morgan fingerprint density at radius 3 is 2.68 bits per heavy atom. The van der Waals surface area contributed by atoms with Gasteiger partial charge in [-0.2, -0.15) is 0 Å². The van der Waals surface area contributed by atoms with Crippen molar-refractivity contribution in [3.63, 3.8) is 0 Å². The van der Waals surface area contributed by atoms with Gasteiger partial charge in [-0.1, -0.05) is 36.4 Å². The quantitative estimate of drug-likeness (QED) is 0.889. The lowest BCUT2D eigenvalue weighted by Gasteiger charge is -2.27. The van der Waals surface area contributed by atoms with Gasteiger partial charge in [0.05, 0.1) is 12.7 Å². The predicted molar refractivity (Wildman–Crippen MR) is 77.2 cm³/mol. The van der Waals surface area contributed by atoms with Gasteiger partial charge in [0.15, 0.2) is 0 Å². The monoisotopic (exact) mass is 256 g/mol. The molecule has 1 aliphatic rings. The van der Waals surface area contributed by atoms with Gasteiger partial charge in [-0.15, -0.1) is 0 Å². The summed E-state index contributed by atoms with van der Waals surface area (Å²) in [5.41, 5.74) is 2.29. The van der Waals surface area contributed by atoms with Crippen LogP contribution in [0.25, 0.3) is 10.8 Å². The molecule has 2 aromatic carbocycles. The second kappa shape index (κ2) is 5.32. The fourth-order valence-electron chi connectivity index (χ4n) is 3.00. The Balaban J connectivity index is 2.02. The molecule has 2 atom stereocenters. The molecule has 100 valence electrons. The predicted octanol–water partition coefficient (Wildman–Crippen LogP) is 3.61. The smallest absolute Gasteiger partial charge is 0.0846 e. The normalized spacial score (nSPS) is 21.5. The Kier molecular flexibility index (Phi) is 3.54. The second-order valence-corrected chi connectivity index (χ2v) is 5.44. The van der Waals surface area contributed by atoms with Crippen molar-refractivity contribution in [1.82, 2.24) is 0 Å². The Morgan fingerprint density at radius 2 is 1.95 bits per heavy atom. The summed E-state index contributed by atoms with van der Waals surface area (Å²) in [5.74, 6) is 0.222. The number of ether oxygens (including phenoxy) is 1. The molecular weight excluding hydrogens is 236 g/mol. The molecule has 1 fully saturated rings. The first-order valence-corrected chi connectivity index (χ1v) is 7.01. The zero-order valence-electron chi connectivity index (χ0n) is 11.3. The molecule has 0 amide bonds. The van der Waals surface area contributed by atoms with Crippen molar-refractivity contribution in [2.24, 2.45) is 5.92 Å². The van der Waals surface area contributed by atoms with E-state index in [0.717, 1.165) is 25.0 Å². The third-order valence-corrected chi connectivity index (χ3v) is 4.14. The first-order valence-electron chi connectivity index (χ1n) is 7.01. The SMILES string of the molecule is Cc1ccc(C(O)C2CCCOC2)c2ccccc12. The van der Waals surface area contributed by atoms with E-state index in [4.69, 9.17) is 4.74 Å². The molecule has 0 aliphatic carbocycles. The van der Waals surface area contributed by atoms with Crippen molar-refractivity contribution < 1.29 is 9.84 Å². The van der Waals surface area contributed by atoms with Gasteiger partial charge in [0.2, 0.25) is 0 Å². The number of hydrogen-bond donors (Lipinski definition) is 1. The molecule has 0 spiro atoms. The van der Waals surface area contributed by atoms with E-state index in [1.807, 2.05) is 6.07 Å². The molecule has 2 unspecified atom stereocenters. The van der Waals surface area contributed by atoms with Gasteiger partial charge in [-0.25, -0.2) is 0 Å². The molecule has 0 radical (unpaired) electrons. The van der Waals surface area contributed by atoms with Gasteiger partial charge in [-0.05, 0) is 41.7 Å². The van der Waals surface area contributed by atoms with Crippen LogP contribution in [0, 0.1) is 12.8 Å². The first-order chi connectivity index (χ1) is 9.27. The van der Waals surface area contributed by atoms with Crippen LogP contribution < -0.4 is 0 Å². The number of rotatable bonds is 2. The summed E-state index contributed by atoms with van der Waals surface area (Å²) in [6.07, 6.45) is 1.67. The largest absolute Gasteiger partial charge is 0.388 e. The Bertz CT molecular complexity index is 570. The van der Waals surface area contributed by atoms with Crippen LogP contribution in [0.3, 0.4) is 0 Å². The first kappa shape index (κ1) is 12.6. The third-order valence-electron chi connectivity index (χ3n) is 4.14. The zero-order chi connectivity index (χ0) is 13.2. The molecule has 0 saturated carbocycles. The molecule has 0 aromatic heterocycles. The number of aryl methyl sites for hydroxylation is 1. The number of benzene rings is 2. The number of aliphatic hydroxyl groups is 1. The van der Waals surface area contributed by atoms with E-state index in [9.17, 15) is 5.11 Å². The highest BCUT2D eigenvalue weighted by molar-refractivity contribution is 5.88. The molecule has 2 aromatic rings. The van der Waals surface area contributed by atoms with E-state index in [1.165, 1.54) is 16.3 Å². The molecule has 1 saturated heterocycles. The van der Waals surface area contributed by atoms with Gasteiger partial charge in [-0.3, -0.25) is 0 Å². The minimum atomic E-state index is -0.425. The summed E-state index contributed by atoms with van der Waals surface area (Å²) < 4.78 is 5.50. The average Bonchev–Trinajstić information content (AvgIpc) is 2.48. The highest BCUT2D eigenvalue weighted by Gasteiger charge is 2.25. The van der Waals surface area contributed by atoms with Crippen LogP contribution in [-0.2, 0) is 4.74 Å². The molecule has 0 bridgehead atoms. The van der Waals surface area contributed by atoms with E-state index >= 15 is 0 Å². The number of aliphatic hydroxyl groups excluding tert-OH is 1. The highest BCUT2D eigenvalue weighted by Crippen LogP contribution is 2.33. The van der Waals surface area contributed by atoms with Gasteiger partial charge in [0, 0.05) is 12.5 Å². The van der Waals surface area contributed by atoms with Crippen LogP contribution in [-0.4, -0.2) is 18.3 Å². The Morgan fingerprint density at radius 1 is 1.16 bits per heavy atom. The molecule has 2 nitrogen and oxygen atoms in total. The van der Waals surface area contributed by atoms with Gasteiger partial charge in [0.1, 0.15) is 0 Å². The molecule has 1 aliphatic heterocycles. The van der Waals surface area contributed by atoms with Crippen molar-refractivity contribution in [1.29, 1.82) is 0 Å². The maximum Gasteiger partial charge on any atom is 0.0846 e. The van der Waals surface area contributed by atoms with Crippen LogP contribution in [0.2, 0.25) is 0 Å². The van der Waals surface area contributed by atoms with E-state index in [-0.39, 0.29) is 5.92 Å². The van der Waals surface area contributed by atoms with Crippen molar-refractivity contribution in [2.45, 2.75) is 25.9 Å². The summed E-state index contributed by atoms with van der Waals surface area (Å²) >= 11 is 0. The fourth-order valence-corrected chi connectivity index (χ4v) is 3.00. The fraction of sp³-hybridized carbons (Fsp3) is 0.412. The summed E-state index contributed by atoms with van der Waals surface area (Å²) in [4.78, 5) is 0. The molecule has 2 heteroatoms. The minimum absolute atomic E-state index is 0.222. The van der Waals surface area contributed by atoms with Crippen molar-refractivity contribution in [2.75, 3.05) is 13.2 Å². The molecule has 1 heterocycles. The summed E-state index contributed by atoms with van der Waals surface area (Å²) in [6, 6.07) is 12.5. The number of hydrogen-bond acceptors (Lipinski definition) is 2. The van der Waals surface area contributed by atoms with E-state index in [2.05, 4.69) is 37.3 Å². The van der Waals surface area contributed by atoms with Crippen molar-refractivity contribution >= 4 is 10.8 Å². The van der Waals surface area contributed by atoms with Gasteiger partial charge >= 0.3 is 0 Å². The standard InChI is InChI=1S/C17H20O2/c1-12-8-9-16(15-7-3-2-6-14(12)15)17(18)13-5-4-10-19-11-13/h2-3,6-9,13,17-18H,4-5,10-11H2,1H3. The third kappa shape index (κ3) is 2.38. The summed E-state index contributed by atoms with van der Waals surface area (Å²) in [5, 5.41) is 13.1. The average molecular weight is 256 g/mol. The van der Waals surface area contributed by atoms with Gasteiger partial charge < -0.3 is 9.84 Å². The molecular formula is C17H20O2. The lowest BCUT2D eigenvalue weighted by Crippen LogP contribution is -2.23. The molecule has 19 heavy (non-hydrogen) atoms. The van der Waals surface area contributed by atoms with Crippen LogP contribution in [0.4, 0.5) is 0 Å². The topological polar surface area (TPSA) is 29.5 Å². The maximum atomic E-state index is 10.7. The molecule has 1 N–H and O–H groups in total. The van der Waals surface area contributed by atoms with E-state index in [0.29, 0.717) is 6.61 Å². The van der Waals surface area contributed by atoms with Crippen molar-refractivity contribution in [3.8, 4) is 0 Å². The van der Waals surface area contributed by atoms with Crippen LogP contribution in [0.1, 0.15) is 30.1 Å². The maximum absolute atomic E-state index is 10.7. The van der Waals surface area contributed by atoms with Crippen LogP contribution >= 0.6 is 0 Å². The lowest BCUT2D eigenvalue weighted by atomic mass is 9.87. The minimum Gasteiger partial charge on any atom is -0.388 e. The van der Waals surface area contributed by atoms with E-state index in [1.54, 1.807) is 0 Å². The van der Waals surface area contributed by atoms with Crippen LogP contribution in [0.15, 0.2) is 36.4 Å². The van der Waals surface area contributed by atoms with Crippen molar-refractivity contribution in [3.05, 3.63) is 47.5 Å². The van der Waals surface area contributed by atoms with Gasteiger partial charge in [0.25, 0.3) is 0 Å². The van der Waals surface area contributed by atoms with Crippen LogP contribution in [0.5, 0.6) is 0 Å². The highest BCUT2D eigenvalue weighted by atomic mass is 16.5. The molecule has 3 rings (SSSR count). The van der Waals surface area contributed by atoms with E-state index < -0.39 is 6.10 Å². The Labute approximate surface area is 114 Å². The second-order valence-electron chi connectivity index (χ2n) is 5.44. The zero-order valence-corrected chi connectivity index (χ0v) is 11.3. The summed E-state index contributed by atoms with van der Waals surface area (Å²) in [7, 11) is 0. The number of fused-ring (bicyclic) bond motifs is 1. The Hall–Kier alpha value is -1.38. The summed E-state index contributed by atoms with van der Waals surface area (Å²) in [6.45, 7) is 3.61. The lowest BCUT2D eigenvalue weighted by molar-refractivity contribution is -0.00942.